The van der Waals surface area contributed by atoms with Crippen LogP contribution in [-0.4, -0.2) is 54.0 Å². The number of esters is 1. The van der Waals surface area contributed by atoms with E-state index >= 15 is 0 Å². The van der Waals surface area contributed by atoms with Crippen LogP contribution in [0.2, 0.25) is 0 Å². The molecule has 1 aromatic carbocycles. The third kappa shape index (κ3) is 2.99. The lowest BCUT2D eigenvalue weighted by Gasteiger charge is -2.40. The van der Waals surface area contributed by atoms with Crippen molar-refractivity contribution in [3.63, 3.8) is 0 Å². The summed E-state index contributed by atoms with van der Waals surface area (Å²) in [5.74, 6) is -0.613. The van der Waals surface area contributed by atoms with Gasteiger partial charge in [0.25, 0.3) is 0 Å². The summed E-state index contributed by atoms with van der Waals surface area (Å²) in [6, 6.07) is 8.37. The molecule has 2 rings (SSSR count). The molecule has 0 aliphatic carbocycles. The number of hydrogen-bond acceptors (Lipinski definition) is 6. The van der Waals surface area contributed by atoms with E-state index in [1.54, 1.807) is 37.3 Å². The SMILES string of the molecule is CO[C@@H]1O[C@H](C)[C@H](O)[C@H](OC(=O)c2ccccc2)[C@H]1O. The van der Waals surface area contributed by atoms with Gasteiger partial charge in [-0.1, -0.05) is 18.2 Å². The Bertz CT molecular complexity index is 448. The van der Waals surface area contributed by atoms with E-state index in [0.29, 0.717) is 5.56 Å². The maximum absolute atomic E-state index is 12.0. The Balaban J connectivity index is 2.11. The summed E-state index contributed by atoms with van der Waals surface area (Å²) in [6.07, 6.45) is -5.03. The molecular weight excluding hydrogens is 264 g/mol. The van der Waals surface area contributed by atoms with E-state index in [-0.39, 0.29) is 0 Å². The summed E-state index contributed by atoms with van der Waals surface area (Å²) in [4.78, 5) is 12.0. The number of carbonyl (C=O) groups is 1. The Morgan fingerprint density at radius 1 is 1.20 bits per heavy atom. The van der Waals surface area contributed by atoms with Crippen LogP contribution < -0.4 is 0 Å². The molecule has 1 heterocycles. The van der Waals surface area contributed by atoms with Gasteiger partial charge in [0.2, 0.25) is 0 Å². The van der Waals surface area contributed by atoms with Crippen LogP contribution in [-0.2, 0) is 14.2 Å². The quantitative estimate of drug-likeness (QED) is 0.777. The van der Waals surface area contributed by atoms with Crippen molar-refractivity contribution >= 4 is 5.97 Å². The van der Waals surface area contributed by atoms with Crippen LogP contribution in [0.4, 0.5) is 0 Å². The fraction of sp³-hybridized carbons (Fsp3) is 0.500. The monoisotopic (exact) mass is 282 g/mol. The second kappa shape index (κ2) is 6.32. The second-order valence-electron chi connectivity index (χ2n) is 4.66. The van der Waals surface area contributed by atoms with Crippen molar-refractivity contribution in [2.45, 2.75) is 37.6 Å². The number of rotatable bonds is 3. The van der Waals surface area contributed by atoms with Crippen molar-refractivity contribution in [1.29, 1.82) is 0 Å². The minimum atomic E-state index is -1.25. The van der Waals surface area contributed by atoms with Gasteiger partial charge in [-0.15, -0.1) is 0 Å². The molecule has 110 valence electrons. The molecule has 0 unspecified atom stereocenters. The van der Waals surface area contributed by atoms with Gasteiger partial charge in [-0.3, -0.25) is 0 Å². The second-order valence-corrected chi connectivity index (χ2v) is 4.66. The van der Waals surface area contributed by atoms with E-state index in [2.05, 4.69) is 0 Å². The zero-order valence-electron chi connectivity index (χ0n) is 11.3. The molecule has 0 aromatic heterocycles. The van der Waals surface area contributed by atoms with Gasteiger partial charge in [-0.05, 0) is 19.1 Å². The number of methoxy groups -OCH3 is 1. The van der Waals surface area contributed by atoms with Crippen molar-refractivity contribution in [3.05, 3.63) is 35.9 Å². The van der Waals surface area contributed by atoms with Crippen LogP contribution in [0.3, 0.4) is 0 Å². The number of hydrogen-bond donors (Lipinski definition) is 2. The largest absolute Gasteiger partial charge is 0.453 e. The number of benzene rings is 1. The topological polar surface area (TPSA) is 85.2 Å². The first kappa shape index (κ1) is 14.9. The van der Waals surface area contributed by atoms with Gasteiger partial charge in [-0.2, -0.15) is 0 Å². The smallest absolute Gasteiger partial charge is 0.338 e. The molecule has 1 aliphatic heterocycles. The summed E-state index contributed by atoms with van der Waals surface area (Å²) < 4.78 is 15.4. The molecule has 0 amide bonds. The molecule has 6 heteroatoms. The Morgan fingerprint density at radius 2 is 1.85 bits per heavy atom. The lowest BCUT2D eigenvalue weighted by molar-refractivity contribution is -0.285. The first-order valence-corrected chi connectivity index (χ1v) is 6.35. The molecule has 1 saturated heterocycles. The number of ether oxygens (including phenoxy) is 3. The van der Waals surface area contributed by atoms with Crippen molar-refractivity contribution in [2.24, 2.45) is 0 Å². The molecular formula is C14H18O6. The maximum Gasteiger partial charge on any atom is 0.338 e. The first-order chi connectivity index (χ1) is 9.54. The fourth-order valence-corrected chi connectivity index (χ4v) is 2.10. The highest BCUT2D eigenvalue weighted by molar-refractivity contribution is 5.89. The van der Waals surface area contributed by atoms with Crippen molar-refractivity contribution in [3.8, 4) is 0 Å². The van der Waals surface area contributed by atoms with E-state index in [4.69, 9.17) is 14.2 Å². The van der Waals surface area contributed by atoms with Gasteiger partial charge in [0.15, 0.2) is 12.4 Å². The number of carbonyl (C=O) groups excluding carboxylic acids is 1. The van der Waals surface area contributed by atoms with Gasteiger partial charge >= 0.3 is 5.97 Å². The molecule has 0 bridgehead atoms. The molecule has 0 radical (unpaired) electrons. The molecule has 1 aromatic rings. The predicted molar refractivity (Wildman–Crippen MR) is 69.0 cm³/mol. The van der Waals surface area contributed by atoms with Gasteiger partial charge in [0.1, 0.15) is 12.2 Å². The minimum Gasteiger partial charge on any atom is -0.453 e. The van der Waals surface area contributed by atoms with Crippen LogP contribution in [0, 0.1) is 0 Å². The standard InChI is InChI=1S/C14H18O6/c1-8-10(15)12(11(16)14(18-2)19-8)20-13(17)9-6-4-3-5-7-9/h3-8,10-12,14-16H,1-2H3/t8-,10+,11-,12+,14-/m1/s1. The Kier molecular flexibility index (Phi) is 4.72. The third-order valence-electron chi connectivity index (χ3n) is 3.27. The minimum absolute atomic E-state index is 0.347. The summed E-state index contributed by atoms with van der Waals surface area (Å²) in [7, 11) is 1.37. The van der Waals surface area contributed by atoms with Crippen molar-refractivity contribution in [1.82, 2.24) is 0 Å². The maximum atomic E-state index is 12.0. The highest BCUT2D eigenvalue weighted by Crippen LogP contribution is 2.24. The third-order valence-corrected chi connectivity index (χ3v) is 3.27. The lowest BCUT2D eigenvalue weighted by atomic mass is 9.99. The molecule has 2 N–H and O–H groups in total. The van der Waals surface area contributed by atoms with Gasteiger partial charge in [0.05, 0.1) is 11.7 Å². The number of aliphatic hydroxyl groups is 2. The average Bonchev–Trinajstić information content (AvgIpc) is 2.48. The fourth-order valence-electron chi connectivity index (χ4n) is 2.10. The number of aliphatic hydroxyl groups excluding tert-OH is 2. The lowest BCUT2D eigenvalue weighted by Crippen LogP contribution is -2.58. The molecule has 0 spiro atoms. The van der Waals surface area contributed by atoms with E-state index in [1.807, 2.05) is 0 Å². The highest BCUT2D eigenvalue weighted by Gasteiger charge is 2.45. The van der Waals surface area contributed by atoms with Crippen molar-refractivity contribution < 1.29 is 29.2 Å². The molecule has 6 nitrogen and oxygen atoms in total. The van der Waals surface area contributed by atoms with Gasteiger partial charge in [-0.25, -0.2) is 4.79 Å². The zero-order valence-corrected chi connectivity index (χ0v) is 11.3. The summed E-state index contributed by atoms with van der Waals surface area (Å²) >= 11 is 0. The van der Waals surface area contributed by atoms with Crippen LogP contribution in [0.25, 0.3) is 0 Å². The average molecular weight is 282 g/mol. The van der Waals surface area contributed by atoms with E-state index in [0.717, 1.165) is 0 Å². The normalized spacial score (nSPS) is 33.7. The summed E-state index contributed by atoms with van der Waals surface area (Å²) in [6.45, 7) is 1.62. The Hall–Kier alpha value is -1.47. The van der Waals surface area contributed by atoms with Crippen LogP contribution in [0.1, 0.15) is 17.3 Å². The first-order valence-electron chi connectivity index (χ1n) is 6.35. The molecule has 1 aliphatic rings. The predicted octanol–water partition coefficient (Wildman–Crippen LogP) is 0.325. The van der Waals surface area contributed by atoms with Crippen molar-refractivity contribution in [2.75, 3.05) is 7.11 Å². The Morgan fingerprint density at radius 3 is 2.45 bits per heavy atom. The van der Waals surface area contributed by atoms with Crippen LogP contribution in [0.15, 0.2) is 30.3 Å². The summed E-state index contributed by atoms with van der Waals surface area (Å²) in [5.41, 5.74) is 0.347. The van der Waals surface area contributed by atoms with E-state index in [1.165, 1.54) is 7.11 Å². The molecule has 20 heavy (non-hydrogen) atoms. The Labute approximate surface area is 116 Å². The van der Waals surface area contributed by atoms with E-state index < -0.39 is 36.7 Å². The molecule has 1 fully saturated rings. The molecule has 0 saturated carbocycles. The zero-order chi connectivity index (χ0) is 14.7. The van der Waals surface area contributed by atoms with Gasteiger partial charge < -0.3 is 24.4 Å². The van der Waals surface area contributed by atoms with Crippen LogP contribution in [0.5, 0.6) is 0 Å². The summed E-state index contributed by atoms with van der Waals surface area (Å²) in [5, 5.41) is 20.0. The molecule has 5 atom stereocenters. The van der Waals surface area contributed by atoms with Crippen LogP contribution >= 0.6 is 0 Å². The van der Waals surface area contributed by atoms with E-state index in [9.17, 15) is 15.0 Å². The highest BCUT2D eigenvalue weighted by atomic mass is 16.7. The van der Waals surface area contributed by atoms with Gasteiger partial charge in [0, 0.05) is 7.11 Å².